The van der Waals surface area contributed by atoms with Gasteiger partial charge < -0.3 is 5.32 Å². The number of nitrogens with one attached hydrogen (secondary N) is 1. The number of amides is 1. The van der Waals surface area contributed by atoms with Gasteiger partial charge in [0.2, 0.25) is 6.41 Å². The molecule has 1 N–H and O–H groups in total. The lowest BCUT2D eigenvalue weighted by atomic mass is 10.1. The quantitative estimate of drug-likeness (QED) is 0.725. The maximum absolute atomic E-state index is 11.4. The molecule has 0 fully saturated rings. The fraction of sp³-hybridized carbons (Fsp3) is 0.778. The van der Waals surface area contributed by atoms with Crippen LogP contribution in [0.2, 0.25) is 0 Å². The molecule has 0 heterocycles. The zero-order chi connectivity index (χ0) is 11.2. The van der Waals surface area contributed by atoms with Gasteiger partial charge in [-0.2, -0.15) is 8.46 Å². The van der Waals surface area contributed by atoms with Gasteiger partial charge >= 0.3 is 0 Å². The first kappa shape index (κ1) is 14.0. The van der Waals surface area contributed by atoms with Crippen molar-refractivity contribution in [1.82, 2.24) is 5.32 Å². The zero-order valence-corrected chi connectivity index (χ0v) is 11.3. The summed E-state index contributed by atoms with van der Waals surface area (Å²) in [5.41, 5.74) is 0. The number of carbonyl (C=O) groups is 2. The van der Waals surface area contributed by atoms with Crippen LogP contribution in [0.3, 0.4) is 0 Å². The normalized spacial score (nSPS) is 14.6. The Labute approximate surface area is 94.5 Å². The summed E-state index contributed by atoms with van der Waals surface area (Å²) in [6.07, 6.45) is 6.05. The van der Waals surface area contributed by atoms with Crippen molar-refractivity contribution in [2.45, 2.75) is 25.8 Å². The number of Topliss-reactive ketones (excluding diaryl/α,β-unsaturated/α-hetero) is 1. The summed E-state index contributed by atoms with van der Waals surface area (Å²) >= 11 is 3.51. The Kier molecular flexibility index (Phi) is 6.44. The molecule has 1 unspecified atom stereocenters. The van der Waals surface area contributed by atoms with Gasteiger partial charge in [0.1, 0.15) is 5.78 Å². The van der Waals surface area contributed by atoms with Crippen LogP contribution in [0.4, 0.5) is 0 Å². The van der Waals surface area contributed by atoms with Gasteiger partial charge in [0.15, 0.2) is 0 Å². The van der Waals surface area contributed by atoms with Crippen molar-refractivity contribution in [3.05, 3.63) is 0 Å². The van der Waals surface area contributed by atoms with Crippen LogP contribution in [0.1, 0.15) is 19.8 Å². The second kappa shape index (κ2) is 6.45. The van der Waals surface area contributed by atoms with Crippen LogP contribution in [-0.4, -0.2) is 36.5 Å². The summed E-state index contributed by atoms with van der Waals surface area (Å²) in [5, 5.41) is 2.63. The Bertz CT molecular complexity index is 203. The van der Waals surface area contributed by atoms with Gasteiger partial charge in [-0.3, -0.25) is 9.59 Å². The first-order valence-corrected chi connectivity index (χ1v) is 8.93. The molecule has 1 atom stereocenters. The van der Waals surface area contributed by atoms with Crippen LogP contribution < -0.4 is 5.32 Å². The molecule has 0 aromatic carbocycles. The van der Waals surface area contributed by atoms with Crippen molar-refractivity contribution in [1.29, 1.82) is 0 Å². The lowest BCUT2D eigenvalue weighted by molar-refractivity contribution is -0.117. The fourth-order valence-corrected chi connectivity index (χ4v) is 2.71. The summed E-state index contributed by atoms with van der Waals surface area (Å²) < 4.78 is 0. The minimum absolute atomic E-state index is 0.0879. The molecule has 0 aliphatic heterocycles. The van der Waals surface area contributed by atoms with Crippen LogP contribution >= 0.6 is 23.3 Å². The first-order chi connectivity index (χ1) is 6.35. The van der Waals surface area contributed by atoms with Crippen molar-refractivity contribution in [3.63, 3.8) is 0 Å². The number of rotatable bonds is 7. The third-order valence-corrected chi connectivity index (χ3v) is 3.41. The number of halogens is 1. The topological polar surface area (TPSA) is 46.2 Å². The van der Waals surface area contributed by atoms with Crippen LogP contribution in [0.25, 0.3) is 0 Å². The molecular formula is C9H18BrNO2S. The largest absolute Gasteiger partial charge is 0.356 e. The standard InChI is InChI=1S/C9H18BrNO2S/c1-8(11-7-12)4-5-9(13)6-14(2,3)10/h7-8H,4-6H2,1-3H3,(H,11,12). The molecule has 0 rings (SSSR count). The predicted molar refractivity (Wildman–Crippen MR) is 66.1 cm³/mol. The van der Waals surface area contributed by atoms with Crippen LogP contribution in [0.5, 0.6) is 0 Å². The minimum Gasteiger partial charge on any atom is -0.356 e. The Morgan fingerprint density at radius 1 is 1.57 bits per heavy atom. The van der Waals surface area contributed by atoms with Crippen molar-refractivity contribution in [2.75, 3.05) is 18.3 Å². The molecular weight excluding hydrogens is 266 g/mol. The van der Waals surface area contributed by atoms with E-state index in [1.54, 1.807) is 0 Å². The summed E-state index contributed by atoms with van der Waals surface area (Å²) in [6.45, 7) is 1.90. The van der Waals surface area contributed by atoms with Crippen LogP contribution in [-0.2, 0) is 9.59 Å². The van der Waals surface area contributed by atoms with Gasteiger partial charge in [-0.1, -0.05) is 0 Å². The van der Waals surface area contributed by atoms with Gasteiger partial charge in [-0.25, -0.2) is 0 Å². The fourth-order valence-electron chi connectivity index (χ4n) is 1.03. The molecule has 0 aliphatic rings. The van der Waals surface area contributed by atoms with Crippen molar-refractivity contribution in [3.8, 4) is 0 Å². The second-order valence-corrected chi connectivity index (χ2v) is 12.2. The van der Waals surface area contributed by atoms with Gasteiger partial charge in [-0.05, 0) is 40.7 Å². The smallest absolute Gasteiger partial charge is 0.207 e. The summed E-state index contributed by atoms with van der Waals surface area (Å²) in [6, 6.07) is 0.0879. The average molecular weight is 284 g/mol. The van der Waals surface area contributed by atoms with E-state index < -0.39 is 8.46 Å². The first-order valence-electron chi connectivity index (χ1n) is 4.47. The Balaban J connectivity index is 3.69. The van der Waals surface area contributed by atoms with Gasteiger partial charge in [0, 0.05) is 18.2 Å². The van der Waals surface area contributed by atoms with E-state index >= 15 is 0 Å². The molecule has 0 saturated carbocycles. The summed E-state index contributed by atoms with van der Waals surface area (Å²) in [4.78, 5) is 21.5. The Morgan fingerprint density at radius 3 is 2.57 bits per heavy atom. The minimum atomic E-state index is -0.911. The summed E-state index contributed by atoms with van der Waals surface area (Å²) in [7, 11) is -0.911. The van der Waals surface area contributed by atoms with Crippen molar-refractivity contribution < 1.29 is 9.59 Å². The highest BCUT2D eigenvalue weighted by molar-refractivity contribution is 9.58. The Morgan fingerprint density at radius 2 is 2.14 bits per heavy atom. The SMILES string of the molecule is CC(CCC(=O)CS(C)(C)Br)NC=O. The predicted octanol–water partition coefficient (Wildman–Crippen LogP) is 1.84. The molecule has 84 valence electrons. The highest BCUT2D eigenvalue weighted by Gasteiger charge is 2.13. The molecule has 0 aliphatic carbocycles. The maximum atomic E-state index is 11.4. The van der Waals surface area contributed by atoms with E-state index in [1.165, 1.54) is 0 Å². The molecule has 0 bridgehead atoms. The number of ketones is 1. The molecule has 0 saturated heterocycles. The zero-order valence-electron chi connectivity index (χ0n) is 8.88. The Hall–Kier alpha value is -0.0300. The molecule has 14 heavy (non-hydrogen) atoms. The van der Waals surface area contributed by atoms with E-state index in [9.17, 15) is 9.59 Å². The summed E-state index contributed by atoms with van der Waals surface area (Å²) in [5.74, 6) is 0.877. The number of hydrogen-bond acceptors (Lipinski definition) is 2. The highest BCUT2D eigenvalue weighted by atomic mass is 79.9. The van der Waals surface area contributed by atoms with Crippen molar-refractivity contribution >= 4 is 35.5 Å². The molecule has 0 aromatic rings. The molecule has 5 heteroatoms. The van der Waals surface area contributed by atoms with E-state index in [1.807, 2.05) is 6.92 Å². The third kappa shape index (κ3) is 8.56. The van der Waals surface area contributed by atoms with Gasteiger partial charge in [0.05, 0.1) is 0 Å². The van der Waals surface area contributed by atoms with E-state index in [0.717, 1.165) is 6.42 Å². The van der Waals surface area contributed by atoms with E-state index in [-0.39, 0.29) is 11.8 Å². The molecule has 0 aromatic heterocycles. The van der Waals surface area contributed by atoms with Gasteiger partial charge in [0.25, 0.3) is 0 Å². The lowest BCUT2D eigenvalue weighted by Gasteiger charge is -2.21. The molecule has 0 spiro atoms. The number of hydrogen-bond donors (Lipinski definition) is 1. The van der Waals surface area contributed by atoms with Crippen LogP contribution in [0, 0.1) is 0 Å². The number of carbonyl (C=O) groups excluding carboxylic acids is 2. The van der Waals surface area contributed by atoms with E-state index in [2.05, 4.69) is 32.6 Å². The average Bonchev–Trinajstić information content (AvgIpc) is 1.98. The second-order valence-electron chi connectivity index (χ2n) is 3.81. The lowest BCUT2D eigenvalue weighted by Crippen LogP contribution is -2.25. The van der Waals surface area contributed by atoms with Crippen LogP contribution in [0.15, 0.2) is 0 Å². The van der Waals surface area contributed by atoms with Gasteiger partial charge in [-0.15, -0.1) is 0 Å². The molecule has 3 nitrogen and oxygen atoms in total. The molecule has 0 radical (unpaired) electrons. The van der Waals surface area contributed by atoms with E-state index in [0.29, 0.717) is 18.6 Å². The maximum Gasteiger partial charge on any atom is 0.207 e. The van der Waals surface area contributed by atoms with E-state index in [4.69, 9.17) is 0 Å². The molecule has 1 amide bonds. The third-order valence-electron chi connectivity index (χ3n) is 1.71. The monoisotopic (exact) mass is 283 g/mol. The van der Waals surface area contributed by atoms with Crippen molar-refractivity contribution in [2.24, 2.45) is 0 Å². The highest BCUT2D eigenvalue weighted by Crippen LogP contribution is 2.47.